The summed E-state index contributed by atoms with van der Waals surface area (Å²) in [4.78, 5) is 12.9. The van der Waals surface area contributed by atoms with Crippen molar-refractivity contribution in [1.82, 2.24) is 0 Å². The second-order valence-corrected chi connectivity index (χ2v) is 13.0. The Kier molecular flexibility index (Phi) is 6.65. The first-order chi connectivity index (χ1) is 16.6. The van der Waals surface area contributed by atoms with E-state index in [1.807, 2.05) is 31.2 Å². The lowest BCUT2D eigenvalue weighted by Gasteiger charge is -2.60. The topological polar surface area (TPSA) is 55.8 Å². The molecule has 5 rings (SSSR count). The van der Waals surface area contributed by atoms with E-state index in [2.05, 4.69) is 35.9 Å². The molecule has 0 aliphatic heterocycles. The zero-order valence-electron chi connectivity index (χ0n) is 21.7. The molecule has 35 heavy (non-hydrogen) atoms. The summed E-state index contributed by atoms with van der Waals surface area (Å²) in [6.45, 7) is 9.55. The van der Waals surface area contributed by atoms with Crippen LogP contribution in [-0.2, 0) is 20.9 Å². The number of hydrogen-bond donors (Lipinski definition) is 1. The van der Waals surface area contributed by atoms with Crippen molar-refractivity contribution in [2.75, 3.05) is 6.61 Å². The molecular formula is C30H41BrO4. The number of Topliss-reactive ketones (excluding diaryl/α,β-unsaturated/α-hetero) is 1. The van der Waals surface area contributed by atoms with E-state index in [0.29, 0.717) is 43.8 Å². The van der Waals surface area contributed by atoms with Crippen molar-refractivity contribution in [3.8, 4) is 0 Å². The lowest BCUT2D eigenvalue weighted by molar-refractivity contribution is -0.232. The van der Waals surface area contributed by atoms with Gasteiger partial charge in [0.25, 0.3) is 0 Å². The first kappa shape index (κ1) is 25.6. The van der Waals surface area contributed by atoms with Gasteiger partial charge in [-0.1, -0.05) is 53.6 Å². The largest absolute Gasteiger partial charge is 0.367 e. The van der Waals surface area contributed by atoms with E-state index < -0.39 is 11.4 Å². The number of hydrogen-bond acceptors (Lipinski definition) is 4. The first-order valence-electron chi connectivity index (χ1n) is 13.5. The third kappa shape index (κ3) is 4.00. The van der Waals surface area contributed by atoms with Gasteiger partial charge in [-0.15, -0.1) is 0 Å². The maximum absolute atomic E-state index is 12.9. The molecule has 0 heterocycles. The molecule has 4 nitrogen and oxygen atoms in total. The number of allylic oxidation sites excluding steroid dienone is 1. The highest BCUT2D eigenvalue weighted by molar-refractivity contribution is 9.10. The Morgan fingerprint density at radius 1 is 1.06 bits per heavy atom. The Balaban J connectivity index is 1.35. The normalized spacial score (nSPS) is 42.6. The average Bonchev–Trinajstić information content (AvgIpc) is 3.13. The van der Waals surface area contributed by atoms with Crippen LogP contribution < -0.4 is 0 Å². The molecule has 5 heteroatoms. The van der Waals surface area contributed by atoms with Crippen LogP contribution >= 0.6 is 15.9 Å². The van der Waals surface area contributed by atoms with Gasteiger partial charge in [0.05, 0.1) is 6.61 Å². The van der Waals surface area contributed by atoms with E-state index in [-0.39, 0.29) is 16.6 Å². The fourth-order valence-electron chi connectivity index (χ4n) is 8.70. The van der Waals surface area contributed by atoms with Crippen molar-refractivity contribution in [3.05, 3.63) is 46.0 Å². The lowest BCUT2D eigenvalue weighted by atomic mass is 9.46. The molecule has 3 saturated carbocycles. The van der Waals surface area contributed by atoms with Crippen LogP contribution in [0.15, 0.2) is 40.4 Å². The van der Waals surface area contributed by atoms with Gasteiger partial charge in [-0.05, 0) is 93.2 Å². The van der Waals surface area contributed by atoms with Crippen LogP contribution in [0, 0.1) is 28.6 Å². The minimum absolute atomic E-state index is 0.0824. The fraction of sp³-hybridized carbons (Fsp3) is 0.700. The van der Waals surface area contributed by atoms with Crippen molar-refractivity contribution < 1.29 is 19.4 Å². The quantitative estimate of drug-likeness (QED) is 0.310. The number of carbonyl (C=O) groups is 1. The molecule has 0 amide bonds. The standard InChI is InChI=1S/C30H41BrO4/c1-5-34-30(20(2)32)15-13-26-24-11-8-22-18-29(33,35-19-21-6-9-23(31)10-7-21)17-16-27(22,3)25(24)12-14-28(26,30)4/h6-10,24-26,33H,5,11-19H2,1-4H3/t24-,25+,26+,27+,28+,29?,30+/m1/s1. The minimum Gasteiger partial charge on any atom is -0.367 e. The first-order valence-corrected chi connectivity index (χ1v) is 14.3. The number of benzene rings is 1. The molecule has 1 aromatic carbocycles. The summed E-state index contributed by atoms with van der Waals surface area (Å²) in [6.07, 6.45) is 9.79. The highest BCUT2D eigenvalue weighted by Gasteiger charge is 2.66. The third-order valence-electron chi connectivity index (χ3n) is 10.6. The molecular weight excluding hydrogens is 504 g/mol. The molecule has 0 bridgehead atoms. The minimum atomic E-state index is -1.10. The Morgan fingerprint density at radius 2 is 1.77 bits per heavy atom. The molecule has 0 saturated heterocycles. The SMILES string of the molecule is CCO[C@]1(C(C)=O)CC[C@H]2[C@@H]3CC=C4CC(O)(OCc5ccc(Br)cc5)CC[C@]4(C)[C@H]3CC[C@@]21C. The number of fused-ring (bicyclic) bond motifs is 5. The maximum atomic E-state index is 12.9. The number of carbonyl (C=O) groups excluding carboxylic acids is 1. The van der Waals surface area contributed by atoms with Crippen LogP contribution in [0.5, 0.6) is 0 Å². The van der Waals surface area contributed by atoms with Gasteiger partial charge < -0.3 is 14.6 Å². The Labute approximate surface area is 219 Å². The van der Waals surface area contributed by atoms with E-state index in [1.54, 1.807) is 6.92 Å². The second-order valence-electron chi connectivity index (χ2n) is 12.1. The van der Waals surface area contributed by atoms with Crippen LogP contribution in [0.1, 0.15) is 84.6 Å². The molecule has 0 radical (unpaired) electrons. The van der Waals surface area contributed by atoms with Gasteiger partial charge in [-0.25, -0.2) is 0 Å². The third-order valence-corrected chi connectivity index (χ3v) is 11.2. The summed E-state index contributed by atoms with van der Waals surface area (Å²) in [5.74, 6) is 0.813. The lowest BCUT2D eigenvalue weighted by Crippen LogP contribution is -2.58. The van der Waals surface area contributed by atoms with Crippen molar-refractivity contribution in [1.29, 1.82) is 0 Å². The average molecular weight is 546 g/mol. The zero-order valence-corrected chi connectivity index (χ0v) is 23.3. The van der Waals surface area contributed by atoms with E-state index in [0.717, 1.165) is 48.6 Å². The Hall–Kier alpha value is -1.01. The number of ketones is 1. The van der Waals surface area contributed by atoms with Crippen LogP contribution in [0.3, 0.4) is 0 Å². The number of halogens is 1. The van der Waals surface area contributed by atoms with E-state index >= 15 is 0 Å². The maximum Gasteiger partial charge on any atom is 0.169 e. The van der Waals surface area contributed by atoms with Crippen LogP contribution in [0.2, 0.25) is 0 Å². The molecule has 4 aliphatic rings. The number of aliphatic hydroxyl groups is 1. The van der Waals surface area contributed by atoms with Crippen LogP contribution in [0.25, 0.3) is 0 Å². The van der Waals surface area contributed by atoms with Gasteiger partial charge in [0.1, 0.15) is 5.60 Å². The summed E-state index contributed by atoms with van der Waals surface area (Å²) in [5.41, 5.74) is 1.86. The Morgan fingerprint density at radius 3 is 2.46 bits per heavy atom. The summed E-state index contributed by atoms with van der Waals surface area (Å²) in [5, 5.41) is 11.4. The van der Waals surface area contributed by atoms with Crippen molar-refractivity contribution in [3.63, 3.8) is 0 Å². The molecule has 1 unspecified atom stereocenters. The van der Waals surface area contributed by atoms with Gasteiger partial charge >= 0.3 is 0 Å². The molecule has 192 valence electrons. The van der Waals surface area contributed by atoms with Crippen LogP contribution in [-0.4, -0.2) is 28.9 Å². The predicted molar refractivity (Wildman–Crippen MR) is 141 cm³/mol. The van der Waals surface area contributed by atoms with Crippen molar-refractivity contribution >= 4 is 21.7 Å². The van der Waals surface area contributed by atoms with Crippen molar-refractivity contribution in [2.45, 2.75) is 97.1 Å². The highest BCUT2D eigenvalue weighted by Crippen LogP contribution is 2.68. The predicted octanol–water partition coefficient (Wildman–Crippen LogP) is 6.98. The smallest absolute Gasteiger partial charge is 0.169 e. The Bertz CT molecular complexity index is 1000. The van der Waals surface area contributed by atoms with Crippen molar-refractivity contribution in [2.24, 2.45) is 28.6 Å². The summed E-state index contributed by atoms with van der Waals surface area (Å²) in [7, 11) is 0. The van der Waals surface area contributed by atoms with Gasteiger partial charge in [0.15, 0.2) is 11.6 Å². The molecule has 1 N–H and O–H groups in total. The summed E-state index contributed by atoms with van der Waals surface area (Å²) >= 11 is 3.48. The zero-order chi connectivity index (χ0) is 25.1. The van der Waals surface area contributed by atoms with E-state index in [4.69, 9.17) is 9.47 Å². The molecule has 0 spiro atoms. The van der Waals surface area contributed by atoms with Gasteiger partial charge in [-0.3, -0.25) is 4.79 Å². The monoisotopic (exact) mass is 544 g/mol. The molecule has 7 atom stereocenters. The molecule has 1 aromatic rings. The van der Waals surface area contributed by atoms with E-state index in [1.165, 1.54) is 5.57 Å². The fourth-order valence-corrected chi connectivity index (χ4v) is 8.97. The second kappa shape index (κ2) is 9.08. The summed E-state index contributed by atoms with van der Waals surface area (Å²) in [6, 6.07) is 8.09. The van der Waals surface area contributed by atoms with Gasteiger partial charge in [0, 0.05) is 29.3 Å². The summed E-state index contributed by atoms with van der Waals surface area (Å²) < 4.78 is 13.5. The highest BCUT2D eigenvalue weighted by atomic mass is 79.9. The number of ether oxygens (including phenoxy) is 2. The van der Waals surface area contributed by atoms with E-state index in [9.17, 15) is 9.90 Å². The van der Waals surface area contributed by atoms with Gasteiger partial charge in [0.2, 0.25) is 0 Å². The van der Waals surface area contributed by atoms with Gasteiger partial charge in [-0.2, -0.15) is 0 Å². The molecule has 0 aromatic heterocycles. The molecule has 4 aliphatic carbocycles. The molecule has 3 fully saturated rings. The van der Waals surface area contributed by atoms with Crippen LogP contribution in [0.4, 0.5) is 0 Å². The number of rotatable bonds is 6.